The van der Waals surface area contributed by atoms with Gasteiger partial charge in [-0.3, -0.25) is 4.79 Å². The van der Waals surface area contributed by atoms with E-state index in [1.165, 1.54) is 5.56 Å². The van der Waals surface area contributed by atoms with Crippen LogP contribution in [0.3, 0.4) is 0 Å². The Morgan fingerprint density at radius 3 is 2.73 bits per heavy atom. The topological polar surface area (TPSA) is 29.1 Å². The largest absolute Gasteiger partial charge is 0.326 e. The van der Waals surface area contributed by atoms with Gasteiger partial charge in [0.1, 0.15) is 0 Å². The fourth-order valence-electron chi connectivity index (χ4n) is 1.41. The van der Waals surface area contributed by atoms with E-state index < -0.39 is 0 Å². The summed E-state index contributed by atoms with van der Waals surface area (Å²) in [5, 5.41) is 2.87. The van der Waals surface area contributed by atoms with E-state index in [-0.39, 0.29) is 5.91 Å². The summed E-state index contributed by atoms with van der Waals surface area (Å²) >= 11 is 0. The zero-order valence-electron chi connectivity index (χ0n) is 9.71. The van der Waals surface area contributed by atoms with Crippen LogP contribution in [0.1, 0.15) is 45.1 Å². The summed E-state index contributed by atoms with van der Waals surface area (Å²) in [6.07, 6.45) is 1.64. The Labute approximate surface area is 91.7 Å². The highest BCUT2D eigenvalue weighted by Gasteiger charge is 2.04. The molecule has 1 unspecified atom stereocenters. The maximum Gasteiger partial charge on any atom is 0.224 e. The molecule has 2 nitrogen and oxygen atoms in total. The standard InChI is InChI=1S/C13H19NO/c1-4-10(3)11-7-6-8-12(9-11)14-13(15)5-2/h6-10H,4-5H2,1-3H3,(H,14,15). The van der Waals surface area contributed by atoms with Gasteiger partial charge in [0.25, 0.3) is 0 Å². The molecule has 2 heteroatoms. The molecular weight excluding hydrogens is 186 g/mol. The van der Waals surface area contributed by atoms with Gasteiger partial charge in [-0.2, -0.15) is 0 Å². The molecule has 15 heavy (non-hydrogen) atoms. The Morgan fingerprint density at radius 1 is 1.40 bits per heavy atom. The molecule has 0 bridgehead atoms. The zero-order chi connectivity index (χ0) is 11.3. The molecule has 1 aromatic carbocycles. The highest BCUT2D eigenvalue weighted by molar-refractivity contribution is 5.90. The van der Waals surface area contributed by atoms with Gasteiger partial charge in [0.05, 0.1) is 0 Å². The van der Waals surface area contributed by atoms with E-state index in [2.05, 4.69) is 31.3 Å². The highest BCUT2D eigenvalue weighted by Crippen LogP contribution is 2.21. The summed E-state index contributed by atoms with van der Waals surface area (Å²) in [6, 6.07) is 8.09. The lowest BCUT2D eigenvalue weighted by molar-refractivity contribution is -0.115. The van der Waals surface area contributed by atoms with E-state index in [0.29, 0.717) is 12.3 Å². The predicted octanol–water partition coefficient (Wildman–Crippen LogP) is 3.55. The average Bonchev–Trinajstić information content (AvgIpc) is 2.28. The Balaban J connectivity index is 2.78. The van der Waals surface area contributed by atoms with Gasteiger partial charge in [-0.25, -0.2) is 0 Å². The molecule has 0 fully saturated rings. The summed E-state index contributed by atoms with van der Waals surface area (Å²) in [5.74, 6) is 0.611. The lowest BCUT2D eigenvalue weighted by Crippen LogP contribution is -2.09. The van der Waals surface area contributed by atoms with Gasteiger partial charge < -0.3 is 5.32 Å². The number of nitrogens with one attached hydrogen (secondary N) is 1. The molecular formula is C13H19NO. The van der Waals surface area contributed by atoms with E-state index in [1.807, 2.05) is 19.1 Å². The molecule has 82 valence electrons. The summed E-state index contributed by atoms with van der Waals surface area (Å²) in [4.78, 5) is 11.2. The van der Waals surface area contributed by atoms with Crippen LogP contribution in [0.5, 0.6) is 0 Å². The van der Waals surface area contributed by atoms with Crippen LogP contribution in [0, 0.1) is 0 Å². The number of hydrogen-bond acceptors (Lipinski definition) is 1. The van der Waals surface area contributed by atoms with Crippen molar-refractivity contribution in [3.8, 4) is 0 Å². The van der Waals surface area contributed by atoms with Crippen LogP contribution in [0.2, 0.25) is 0 Å². The molecule has 1 rings (SSSR count). The van der Waals surface area contributed by atoms with Crippen molar-refractivity contribution >= 4 is 11.6 Å². The third-order valence-corrected chi connectivity index (χ3v) is 2.67. The lowest BCUT2D eigenvalue weighted by Gasteiger charge is -2.11. The second kappa shape index (κ2) is 5.54. The molecule has 1 N–H and O–H groups in total. The van der Waals surface area contributed by atoms with E-state index in [0.717, 1.165) is 12.1 Å². The minimum atomic E-state index is 0.0660. The fraction of sp³-hybridized carbons (Fsp3) is 0.462. The number of anilines is 1. The number of benzene rings is 1. The second-order valence-corrected chi connectivity index (χ2v) is 3.84. The van der Waals surface area contributed by atoms with Gasteiger partial charge in [0.15, 0.2) is 0 Å². The van der Waals surface area contributed by atoms with Crippen molar-refractivity contribution in [2.75, 3.05) is 5.32 Å². The Hall–Kier alpha value is -1.31. The maximum atomic E-state index is 11.2. The smallest absolute Gasteiger partial charge is 0.224 e. The van der Waals surface area contributed by atoms with Gasteiger partial charge in [-0.1, -0.05) is 32.9 Å². The first-order chi connectivity index (χ1) is 7.17. The van der Waals surface area contributed by atoms with Gasteiger partial charge in [0, 0.05) is 12.1 Å². The molecule has 0 saturated heterocycles. The van der Waals surface area contributed by atoms with Crippen LogP contribution in [0.4, 0.5) is 5.69 Å². The maximum absolute atomic E-state index is 11.2. The van der Waals surface area contributed by atoms with E-state index in [9.17, 15) is 4.79 Å². The molecule has 0 aliphatic heterocycles. The molecule has 0 aliphatic rings. The summed E-state index contributed by atoms with van der Waals surface area (Å²) in [5.41, 5.74) is 2.19. The van der Waals surface area contributed by atoms with E-state index in [1.54, 1.807) is 0 Å². The van der Waals surface area contributed by atoms with Crippen LogP contribution >= 0.6 is 0 Å². The Morgan fingerprint density at radius 2 is 2.13 bits per heavy atom. The van der Waals surface area contributed by atoms with Gasteiger partial charge in [-0.05, 0) is 30.0 Å². The van der Waals surface area contributed by atoms with Gasteiger partial charge in [-0.15, -0.1) is 0 Å². The summed E-state index contributed by atoms with van der Waals surface area (Å²) in [6.45, 7) is 6.22. The first kappa shape index (κ1) is 11.8. The van der Waals surface area contributed by atoms with Crippen molar-refractivity contribution in [1.29, 1.82) is 0 Å². The monoisotopic (exact) mass is 205 g/mol. The molecule has 0 aliphatic carbocycles. The molecule has 1 aromatic rings. The summed E-state index contributed by atoms with van der Waals surface area (Å²) < 4.78 is 0. The minimum Gasteiger partial charge on any atom is -0.326 e. The van der Waals surface area contributed by atoms with Crippen molar-refractivity contribution in [3.05, 3.63) is 29.8 Å². The van der Waals surface area contributed by atoms with E-state index in [4.69, 9.17) is 0 Å². The van der Waals surface area contributed by atoms with Gasteiger partial charge >= 0.3 is 0 Å². The fourth-order valence-corrected chi connectivity index (χ4v) is 1.41. The van der Waals surface area contributed by atoms with E-state index >= 15 is 0 Å². The SMILES string of the molecule is CCC(=O)Nc1cccc(C(C)CC)c1. The quantitative estimate of drug-likeness (QED) is 0.800. The zero-order valence-corrected chi connectivity index (χ0v) is 9.71. The van der Waals surface area contributed by atoms with Crippen LogP contribution in [-0.2, 0) is 4.79 Å². The number of hydrogen-bond donors (Lipinski definition) is 1. The van der Waals surface area contributed by atoms with Crippen molar-refractivity contribution < 1.29 is 4.79 Å². The Bertz CT molecular complexity index is 333. The second-order valence-electron chi connectivity index (χ2n) is 3.84. The van der Waals surface area contributed by atoms with Crippen molar-refractivity contribution in [1.82, 2.24) is 0 Å². The van der Waals surface area contributed by atoms with Gasteiger partial charge in [0.2, 0.25) is 5.91 Å². The van der Waals surface area contributed by atoms with Crippen molar-refractivity contribution in [2.45, 2.75) is 39.5 Å². The predicted molar refractivity (Wildman–Crippen MR) is 64.1 cm³/mol. The highest BCUT2D eigenvalue weighted by atomic mass is 16.1. The third-order valence-electron chi connectivity index (χ3n) is 2.67. The first-order valence-electron chi connectivity index (χ1n) is 5.57. The molecule has 0 radical (unpaired) electrons. The third kappa shape index (κ3) is 3.39. The summed E-state index contributed by atoms with van der Waals surface area (Å²) in [7, 11) is 0. The minimum absolute atomic E-state index is 0.0660. The number of rotatable bonds is 4. The lowest BCUT2D eigenvalue weighted by atomic mass is 9.98. The van der Waals surface area contributed by atoms with Crippen LogP contribution in [0.25, 0.3) is 0 Å². The number of carbonyl (C=O) groups excluding carboxylic acids is 1. The molecule has 0 spiro atoms. The normalized spacial score (nSPS) is 12.2. The first-order valence-corrected chi connectivity index (χ1v) is 5.57. The van der Waals surface area contributed by atoms with Crippen molar-refractivity contribution in [2.24, 2.45) is 0 Å². The Kier molecular flexibility index (Phi) is 4.35. The van der Waals surface area contributed by atoms with Crippen molar-refractivity contribution in [3.63, 3.8) is 0 Å². The van der Waals surface area contributed by atoms with Crippen LogP contribution < -0.4 is 5.32 Å². The number of amides is 1. The molecule has 0 aromatic heterocycles. The molecule has 0 heterocycles. The molecule has 0 saturated carbocycles. The number of carbonyl (C=O) groups is 1. The average molecular weight is 205 g/mol. The molecule has 1 atom stereocenters. The van der Waals surface area contributed by atoms with Crippen LogP contribution in [0.15, 0.2) is 24.3 Å². The van der Waals surface area contributed by atoms with Crippen LogP contribution in [-0.4, -0.2) is 5.91 Å². The molecule has 1 amide bonds.